The Labute approximate surface area is 155 Å². The highest BCUT2D eigenvalue weighted by Gasteiger charge is 2.37. The zero-order valence-electron chi connectivity index (χ0n) is 15.2. The second kappa shape index (κ2) is 7.15. The molecule has 0 bridgehead atoms. The molecule has 1 N–H and O–H groups in total. The Bertz CT molecular complexity index is 827. The van der Waals surface area contributed by atoms with Crippen LogP contribution in [0.3, 0.4) is 0 Å². The van der Waals surface area contributed by atoms with Crippen molar-refractivity contribution >= 4 is 0 Å². The van der Waals surface area contributed by atoms with Crippen LogP contribution in [-0.4, -0.2) is 11.5 Å². The number of aliphatic hydroxyl groups excluding tert-OH is 1. The summed E-state index contributed by atoms with van der Waals surface area (Å²) in [6.45, 7) is 4.12. The van der Waals surface area contributed by atoms with Crippen LogP contribution in [0.15, 0.2) is 36.4 Å². The minimum atomic E-state index is -4.84. The minimum Gasteiger partial charge on any atom is -0.406 e. The van der Waals surface area contributed by atoms with Gasteiger partial charge in [-0.3, -0.25) is 0 Å². The fourth-order valence-electron chi connectivity index (χ4n) is 4.06. The van der Waals surface area contributed by atoms with Crippen LogP contribution < -0.4 is 4.74 Å². The molecule has 0 radical (unpaired) electrons. The number of benzene rings is 2. The van der Waals surface area contributed by atoms with Crippen LogP contribution in [0, 0.1) is 11.2 Å². The molecular weight excluding hydrogens is 360 g/mol. The SMILES string of the molecule is CC1(C)CCCC1c1cc(CO)ccc1-c1cc(OC(F)(F)F)ccc1F. The van der Waals surface area contributed by atoms with Crippen molar-refractivity contribution in [2.75, 3.05) is 0 Å². The number of aliphatic hydroxyl groups is 1. The molecule has 146 valence electrons. The Morgan fingerprint density at radius 1 is 1.11 bits per heavy atom. The van der Waals surface area contributed by atoms with E-state index >= 15 is 0 Å². The maximum atomic E-state index is 14.5. The largest absolute Gasteiger partial charge is 0.573 e. The quantitative estimate of drug-likeness (QED) is 0.640. The van der Waals surface area contributed by atoms with Crippen LogP contribution in [0.5, 0.6) is 5.75 Å². The van der Waals surface area contributed by atoms with Crippen LogP contribution in [0.2, 0.25) is 0 Å². The van der Waals surface area contributed by atoms with E-state index in [0.717, 1.165) is 43.0 Å². The summed E-state index contributed by atoms with van der Waals surface area (Å²) in [6.07, 6.45) is -1.89. The first-order valence-electron chi connectivity index (χ1n) is 8.90. The molecule has 1 fully saturated rings. The molecule has 0 aromatic heterocycles. The van der Waals surface area contributed by atoms with Crippen LogP contribution in [0.4, 0.5) is 17.6 Å². The molecule has 1 aliphatic carbocycles. The van der Waals surface area contributed by atoms with Crippen LogP contribution in [0.25, 0.3) is 11.1 Å². The number of halogens is 4. The van der Waals surface area contributed by atoms with Gasteiger partial charge in [0.15, 0.2) is 0 Å². The molecule has 6 heteroatoms. The highest BCUT2D eigenvalue weighted by Crippen LogP contribution is 2.51. The van der Waals surface area contributed by atoms with Gasteiger partial charge in [0.2, 0.25) is 0 Å². The molecule has 27 heavy (non-hydrogen) atoms. The van der Waals surface area contributed by atoms with Crippen LogP contribution in [0.1, 0.15) is 50.2 Å². The van der Waals surface area contributed by atoms with Gasteiger partial charge in [0.05, 0.1) is 6.61 Å². The molecule has 2 aromatic carbocycles. The number of hydrogen-bond acceptors (Lipinski definition) is 2. The second-order valence-corrected chi connectivity index (χ2v) is 7.70. The lowest BCUT2D eigenvalue weighted by molar-refractivity contribution is -0.274. The Morgan fingerprint density at radius 3 is 2.44 bits per heavy atom. The standard InChI is InChI=1S/C21H22F4O2/c1-20(2)9-3-4-18(20)16-10-13(12-26)5-7-15(16)17-11-14(6-8-19(17)22)27-21(23,24)25/h5-8,10-11,18,26H,3-4,9,12H2,1-2H3. The normalized spacial score (nSPS) is 19.3. The van der Waals surface area contributed by atoms with Gasteiger partial charge in [-0.1, -0.05) is 38.5 Å². The molecule has 1 unspecified atom stereocenters. The van der Waals surface area contributed by atoms with Gasteiger partial charge in [-0.15, -0.1) is 13.2 Å². The van der Waals surface area contributed by atoms with Gasteiger partial charge in [-0.2, -0.15) is 0 Å². The van der Waals surface area contributed by atoms with Crippen LogP contribution in [-0.2, 0) is 6.61 Å². The molecule has 2 aromatic rings. The van der Waals surface area contributed by atoms with E-state index in [1.54, 1.807) is 12.1 Å². The number of ether oxygens (including phenoxy) is 1. The van der Waals surface area contributed by atoms with E-state index in [1.807, 2.05) is 6.07 Å². The van der Waals surface area contributed by atoms with Gasteiger partial charge < -0.3 is 9.84 Å². The van der Waals surface area contributed by atoms with Crippen molar-refractivity contribution in [3.05, 3.63) is 53.3 Å². The predicted molar refractivity (Wildman–Crippen MR) is 94.8 cm³/mol. The third-order valence-electron chi connectivity index (χ3n) is 5.39. The zero-order valence-corrected chi connectivity index (χ0v) is 15.2. The second-order valence-electron chi connectivity index (χ2n) is 7.70. The molecule has 1 saturated carbocycles. The van der Waals surface area contributed by atoms with E-state index < -0.39 is 17.9 Å². The number of rotatable bonds is 4. The molecule has 0 spiro atoms. The maximum absolute atomic E-state index is 14.5. The monoisotopic (exact) mass is 382 g/mol. The van der Waals surface area contributed by atoms with E-state index in [1.165, 1.54) is 0 Å². The number of hydrogen-bond donors (Lipinski definition) is 1. The van der Waals surface area contributed by atoms with Crippen molar-refractivity contribution in [2.45, 2.75) is 52.0 Å². The molecule has 3 rings (SSSR count). The highest BCUT2D eigenvalue weighted by molar-refractivity contribution is 5.71. The molecule has 1 aliphatic rings. The summed E-state index contributed by atoms with van der Waals surface area (Å²) in [7, 11) is 0. The van der Waals surface area contributed by atoms with Crippen molar-refractivity contribution in [2.24, 2.45) is 5.41 Å². The molecule has 0 saturated heterocycles. The summed E-state index contributed by atoms with van der Waals surface area (Å²) < 4.78 is 56.2. The Kier molecular flexibility index (Phi) is 5.21. The van der Waals surface area contributed by atoms with Gasteiger partial charge >= 0.3 is 6.36 Å². The number of alkyl halides is 3. The van der Waals surface area contributed by atoms with Gasteiger partial charge in [0, 0.05) is 5.56 Å². The summed E-state index contributed by atoms with van der Waals surface area (Å²) in [6, 6.07) is 8.21. The van der Waals surface area contributed by atoms with Crippen molar-refractivity contribution in [3.8, 4) is 16.9 Å². The molecule has 2 nitrogen and oxygen atoms in total. The van der Waals surface area contributed by atoms with Gasteiger partial charge in [0.1, 0.15) is 11.6 Å². The highest BCUT2D eigenvalue weighted by atomic mass is 19.4. The summed E-state index contributed by atoms with van der Waals surface area (Å²) in [5, 5.41) is 9.50. The van der Waals surface area contributed by atoms with Crippen molar-refractivity contribution in [3.63, 3.8) is 0 Å². The van der Waals surface area contributed by atoms with Crippen LogP contribution >= 0.6 is 0 Å². The van der Waals surface area contributed by atoms with E-state index in [9.17, 15) is 22.7 Å². The topological polar surface area (TPSA) is 29.5 Å². The lowest BCUT2D eigenvalue weighted by Crippen LogP contribution is -2.17. The van der Waals surface area contributed by atoms with E-state index in [2.05, 4.69) is 18.6 Å². The van der Waals surface area contributed by atoms with Crippen molar-refractivity contribution in [1.82, 2.24) is 0 Å². The van der Waals surface area contributed by atoms with Gasteiger partial charge in [0.25, 0.3) is 0 Å². The Morgan fingerprint density at radius 2 is 1.85 bits per heavy atom. The molecule has 0 amide bonds. The average molecular weight is 382 g/mol. The minimum absolute atomic E-state index is 0.0145. The summed E-state index contributed by atoms with van der Waals surface area (Å²) in [5.74, 6) is -0.939. The van der Waals surface area contributed by atoms with E-state index in [0.29, 0.717) is 11.1 Å². The lowest BCUT2D eigenvalue weighted by atomic mass is 9.75. The first-order chi connectivity index (χ1) is 12.6. The first kappa shape index (κ1) is 19.7. The Hall–Kier alpha value is -2.08. The first-order valence-corrected chi connectivity index (χ1v) is 8.90. The predicted octanol–water partition coefficient (Wildman–Crippen LogP) is 6.18. The van der Waals surface area contributed by atoms with E-state index in [4.69, 9.17) is 0 Å². The molecule has 1 atom stereocenters. The lowest BCUT2D eigenvalue weighted by Gasteiger charge is -2.30. The summed E-state index contributed by atoms with van der Waals surface area (Å²) in [4.78, 5) is 0. The Balaban J connectivity index is 2.13. The molecule has 0 aliphatic heterocycles. The van der Waals surface area contributed by atoms with Gasteiger partial charge in [-0.25, -0.2) is 4.39 Å². The zero-order chi connectivity index (χ0) is 19.8. The summed E-state index contributed by atoms with van der Waals surface area (Å²) in [5.41, 5.74) is 2.14. The third kappa shape index (κ3) is 4.26. The maximum Gasteiger partial charge on any atom is 0.573 e. The molecule has 0 heterocycles. The van der Waals surface area contributed by atoms with Gasteiger partial charge in [-0.05, 0) is 59.1 Å². The third-order valence-corrected chi connectivity index (χ3v) is 5.39. The van der Waals surface area contributed by atoms with E-state index in [-0.39, 0.29) is 23.5 Å². The average Bonchev–Trinajstić information content (AvgIpc) is 2.94. The summed E-state index contributed by atoms with van der Waals surface area (Å²) >= 11 is 0. The fourth-order valence-corrected chi connectivity index (χ4v) is 4.06. The van der Waals surface area contributed by atoms with Crippen molar-refractivity contribution < 1.29 is 27.4 Å². The smallest absolute Gasteiger partial charge is 0.406 e. The fraction of sp³-hybridized carbons (Fsp3) is 0.429. The van der Waals surface area contributed by atoms with Crippen molar-refractivity contribution in [1.29, 1.82) is 0 Å². The molecular formula is C21H22F4O2.